The first-order valence-electron chi connectivity index (χ1n) is 11.7. The van der Waals surface area contributed by atoms with Gasteiger partial charge in [-0.2, -0.15) is 0 Å². The van der Waals surface area contributed by atoms with E-state index in [1.54, 1.807) is 0 Å². The molecule has 0 bridgehead atoms. The second-order valence-electron chi connectivity index (χ2n) is 8.61. The average Bonchev–Trinajstić information content (AvgIpc) is 2.68. The molecule has 2 atom stereocenters. The van der Waals surface area contributed by atoms with Crippen molar-refractivity contribution in [2.24, 2.45) is 11.3 Å². The molecule has 0 aromatic heterocycles. The van der Waals surface area contributed by atoms with Gasteiger partial charge >= 0.3 is 11.9 Å². The fraction of sp³-hybridized carbons (Fsp3) is 0.833. The topological polar surface area (TPSA) is 74.6 Å². The van der Waals surface area contributed by atoms with Crippen molar-refractivity contribution >= 4 is 11.9 Å². The van der Waals surface area contributed by atoms with Crippen LogP contribution in [0.3, 0.4) is 0 Å². The lowest BCUT2D eigenvalue weighted by atomic mass is 9.66. The summed E-state index contributed by atoms with van der Waals surface area (Å²) in [6.07, 6.45) is 22.5. The van der Waals surface area contributed by atoms with Crippen LogP contribution in [-0.2, 0) is 9.59 Å². The molecule has 0 saturated carbocycles. The van der Waals surface area contributed by atoms with Crippen molar-refractivity contribution in [3.63, 3.8) is 0 Å². The zero-order valence-electron chi connectivity index (χ0n) is 18.0. The number of carboxylic acids is 2. The van der Waals surface area contributed by atoms with Crippen LogP contribution in [0.2, 0.25) is 0 Å². The maximum absolute atomic E-state index is 11.9. The molecule has 0 spiro atoms. The Morgan fingerprint density at radius 3 is 1.68 bits per heavy atom. The molecule has 4 nitrogen and oxygen atoms in total. The van der Waals surface area contributed by atoms with Crippen LogP contribution in [-0.4, -0.2) is 22.2 Å². The minimum absolute atomic E-state index is 0.334. The number of carbonyl (C=O) groups is 2. The minimum atomic E-state index is -1.11. The Morgan fingerprint density at radius 2 is 1.25 bits per heavy atom. The lowest BCUT2D eigenvalue weighted by molar-refractivity contribution is -0.163. The minimum Gasteiger partial charge on any atom is -0.481 e. The molecule has 1 rings (SSSR count). The third-order valence-corrected chi connectivity index (χ3v) is 6.39. The van der Waals surface area contributed by atoms with Crippen molar-refractivity contribution in [2.45, 2.75) is 116 Å². The second kappa shape index (κ2) is 14.6. The number of hydrogen-bond acceptors (Lipinski definition) is 2. The van der Waals surface area contributed by atoms with E-state index in [0.717, 1.165) is 19.3 Å². The van der Waals surface area contributed by atoms with Crippen LogP contribution in [0.5, 0.6) is 0 Å². The molecular weight excluding hydrogens is 352 g/mol. The number of unbranched alkanes of at least 4 members (excludes halogenated alkanes) is 13. The summed E-state index contributed by atoms with van der Waals surface area (Å²) in [6.45, 7) is 2.25. The van der Waals surface area contributed by atoms with E-state index in [4.69, 9.17) is 0 Å². The van der Waals surface area contributed by atoms with Crippen LogP contribution in [0.1, 0.15) is 116 Å². The normalized spacial score (nSPS) is 21.7. The third-order valence-electron chi connectivity index (χ3n) is 6.39. The number of carboxylic acid groups (broad SMARTS) is 2. The van der Waals surface area contributed by atoms with E-state index in [9.17, 15) is 19.8 Å². The summed E-state index contributed by atoms with van der Waals surface area (Å²) in [4.78, 5) is 23.4. The summed E-state index contributed by atoms with van der Waals surface area (Å²) in [7, 11) is 0. The van der Waals surface area contributed by atoms with Gasteiger partial charge in [-0.3, -0.25) is 9.59 Å². The van der Waals surface area contributed by atoms with E-state index in [1.807, 2.05) is 12.2 Å². The predicted octanol–water partition coefficient (Wildman–Crippen LogP) is 6.98. The van der Waals surface area contributed by atoms with Gasteiger partial charge in [-0.15, -0.1) is 0 Å². The molecule has 0 aromatic rings. The summed E-state index contributed by atoms with van der Waals surface area (Å²) < 4.78 is 0. The standard InChI is InChI=1S/C24H42O4/c1-2-3-4-5-6-7-8-9-10-11-12-13-14-16-19-24(23(27)28)20-17-15-18-21(24)22(25)26/h15,17,21H,2-14,16,18-20H2,1H3,(H,25,26)(H,27,28). The van der Waals surface area contributed by atoms with Gasteiger partial charge in [-0.1, -0.05) is 109 Å². The van der Waals surface area contributed by atoms with Crippen molar-refractivity contribution in [3.05, 3.63) is 12.2 Å². The van der Waals surface area contributed by atoms with Gasteiger partial charge in [0, 0.05) is 0 Å². The van der Waals surface area contributed by atoms with E-state index < -0.39 is 23.3 Å². The van der Waals surface area contributed by atoms with Crippen LogP contribution >= 0.6 is 0 Å². The largest absolute Gasteiger partial charge is 0.481 e. The zero-order valence-corrected chi connectivity index (χ0v) is 18.0. The Bertz CT molecular complexity index is 471. The van der Waals surface area contributed by atoms with E-state index in [0.29, 0.717) is 19.3 Å². The summed E-state index contributed by atoms with van der Waals surface area (Å²) in [5.41, 5.74) is -1.11. The molecule has 0 saturated heterocycles. The Balaban J connectivity index is 2.09. The zero-order chi connectivity index (χ0) is 20.7. The first-order valence-corrected chi connectivity index (χ1v) is 11.7. The smallest absolute Gasteiger partial charge is 0.310 e. The van der Waals surface area contributed by atoms with Gasteiger partial charge < -0.3 is 10.2 Å². The van der Waals surface area contributed by atoms with Crippen molar-refractivity contribution in [1.82, 2.24) is 0 Å². The van der Waals surface area contributed by atoms with E-state index in [1.165, 1.54) is 70.6 Å². The first kappa shape index (κ1) is 24.7. The van der Waals surface area contributed by atoms with Crippen molar-refractivity contribution in [2.75, 3.05) is 0 Å². The Hall–Kier alpha value is -1.32. The molecule has 0 radical (unpaired) electrons. The van der Waals surface area contributed by atoms with Gasteiger partial charge in [-0.05, 0) is 19.3 Å². The third kappa shape index (κ3) is 8.79. The highest BCUT2D eigenvalue weighted by Crippen LogP contribution is 2.43. The lowest BCUT2D eigenvalue weighted by Gasteiger charge is -2.36. The van der Waals surface area contributed by atoms with Crippen molar-refractivity contribution in [3.8, 4) is 0 Å². The molecule has 2 unspecified atom stereocenters. The summed E-state index contributed by atoms with van der Waals surface area (Å²) in [5.74, 6) is -2.71. The molecule has 0 aliphatic heterocycles. The van der Waals surface area contributed by atoms with Gasteiger partial charge in [0.05, 0.1) is 11.3 Å². The highest BCUT2D eigenvalue weighted by molar-refractivity contribution is 5.84. The number of aliphatic carboxylic acids is 2. The van der Waals surface area contributed by atoms with Gasteiger partial charge in [-0.25, -0.2) is 0 Å². The molecule has 0 amide bonds. The molecule has 4 heteroatoms. The second-order valence-corrected chi connectivity index (χ2v) is 8.61. The van der Waals surface area contributed by atoms with Gasteiger partial charge in [0.25, 0.3) is 0 Å². The maximum Gasteiger partial charge on any atom is 0.310 e. The fourth-order valence-electron chi connectivity index (χ4n) is 4.49. The quantitative estimate of drug-likeness (QED) is 0.206. The van der Waals surface area contributed by atoms with Gasteiger partial charge in [0.2, 0.25) is 0 Å². The highest BCUT2D eigenvalue weighted by atomic mass is 16.4. The van der Waals surface area contributed by atoms with Crippen LogP contribution in [0.4, 0.5) is 0 Å². The monoisotopic (exact) mass is 394 g/mol. The molecule has 28 heavy (non-hydrogen) atoms. The molecule has 0 fully saturated rings. The Morgan fingerprint density at radius 1 is 0.786 bits per heavy atom. The number of hydrogen-bond donors (Lipinski definition) is 2. The summed E-state index contributed by atoms with van der Waals surface area (Å²) in [5, 5.41) is 19.2. The molecular formula is C24H42O4. The van der Waals surface area contributed by atoms with Crippen LogP contribution in [0.25, 0.3) is 0 Å². The van der Waals surface area contributed by atoms with E-state index in [2.05, 4.69) is 6.92 Å². The molecule has 0 aromatic carbocycles. The Kier molecular flexibility index (Phi) is 12.9. The lowest BCUT2D eigenvalue weighted by Crippen LogP contribution is -2.43. The fourth-order valence-corrected chi connectivity index (χ4v) is 4.49. The van der Waals surface area contributed by atoms with Crippen LogP contribution in [0.15, 0.2) is 12.2 Å². The maximum atomic E-state index is 11.9. The molecule has 162 valence electrons. The summed E-state index contributed by atoms with van der Waals surface area (Å²) >= 11 is 0. The molecule has 0 heterocycles. The van der Waals surface area contributed by atoms with Crippen molar-refractivity contribution < 1.29 is 19.8 Å². The highest BCUT2D eigenvalue weighted by Gasteiger charge is 2.48. The molecule has 1 aliphatic rings. The first-order chi connectivity index (χ1) is 13.5. The Labute approximate surface area is 171 Å². The predicted molar refractivity (Wildman–Crippen MR) is 114 cm³/mol. The van der Waals surface area contributed by atoms with Crippen LogP contribution < -0.4 is 0 Å². The van der Waals surface area contributed by atoms with Crippen LogP contribution in [0, 0.1) is 11.3 Å². The van der Waals surface area contributed by atoms with E-state index in [-0.39, 0.29) is 0 Å². The number of allylic oxidation sites excluding steroid dienone is 2. The van der Waals surface area contributed by atoms with Gasteiger partial charge in [0.15, 0.2) is 0 Å². The molecule has 1 aliphatic carbocycles. The number of rotatable bonds is 17. The molecule has 2 N–H and O–H groups in total. The summed E-state index contributed by atoms with van der Waals surface area (Å²) in [6, 6.07) is 0. The SMILES string of the molecule is CCCCCCCCCCCCCCCCC1(C(=O)O)CC=CCC1C(=O)O. The van der Waals surface area contributed by atoms with Crippen molar-refractivity contribution in [1.29, 1.82) is 0 Å². The van der Waals surface area contributed by atoms with Gasteiger partial charge in [0.1, 0.15) is 0 Å². The average molecular weight is 395 g/mol. The van der Waals surface area contributed by atoms with E-state index >= 15 is 0 Å².